The molecule has 7 nitrogen and oxygen atoms in total. The third-order valence-electron chi connectivity index (χ3n) is 2.88. The van der Waals surface area contributed by atoms with Crippen LogP contribution in [0.4, 0.5) is 10.6 Å². The highest BCUT2D eigenvalue weighted by Crippen LogP contribution is 2.18. The van der Waals surface area contributed by atoms with Crippen molar-refractivity contribution in [2.45, 2.75) is 6.54 Å². The Morgan fingerprint density at radius 2 is 2.00 bits per heavy atom. The normalized spacial score (nSPS) is 10.3. The predicted octanol–water partition coefficient (Wildman–Crippen LogP) is 3.11. The molecule has 0 atom stereocenters. The van der Waals surface area contributed by atoms with E-state index in [9.17, 15) is 4.79 Å². The Hall–Kier alpha value is -2.93. The van der Waals surface area contributed by atoms with Gasteiger partial charge in [0.15, 0.2) is 0 Å². The molecular formula is C15H12ClN5O2. The van der Waals surface area contributed by atoms with Crippen molar-refractivity contribution in [3.05, 3.63) is 59.6 Å². The van der Waals surface area contributed by atoms with E-state index in [1.54, 1.807) is 48.7 Å². The minimum absolute atomic E-state index is 0.110. The summed E-state index contributed by atoms with van der Waals surface area (Å²) in [6.45, 7) is 0.110. The Balaban J connectivity index is 1.57. The molecule has 0 radical (unpaired) electrons. The topological polar surface area (TPSA) is 92.9 Å². The standard InChI is InChI=1S/C15H12ClN5O2/c16-11-6-4-10(5-7-11)14-20-13(23-21-14)9-18-15(22)19-12-3-1-2-8-17-12/h1-8H,9H2,(H2,17,18,19,22). The summed E-state index contributed by atoms with van der Waals surface area (Å²) in [4.78, 5) is 19.9. The molecule has 2 heterocycles. The Kier molecular flexibility index (Phi) is 4.49. The molecule has 1 aromatic carbocycles. The molecule has 0 aliphatic carbocycles. The van der Waals surface area contributed by atoms with Crippen LogP contribution < -0.4 is 10.6 Å². The molecule has 2 N–H and O–H groups in total. The van der Waals surface area contributed by atoms with Gasteiger partial charge >= 0.3 is 6.03 Å². The van der Waals surface area contributed by atoms with Crippen molar-refractivity contribution < 1.29 is 9.32 Å². The number of nitrogens with one attached hydrogen (secondary N) is 2. The van der Waals surface area contributed by atoms with Crippen LogP contribution in [0.3, 0.4) is 0 Å². The van der Waals surface area contributed by atoms with Gasteiger partial charge in [-0.1, -0.05) is 22.8 Å². The third-order valence-corrected chi connectivity index (χ3v) is 3.13. The van der Waals surface area contributed by atoms with Crippen LogP contribution in [-0.4, -0.2) is 21.2 Å². The van der Waals surface area contributed by atoms with Gasteiger partial charge < -0.3 is 9.84 Å². The molecule has 116 valence electrons. The van der Waals surface area contributed by atoms with Gasteiger partial charge in [-0.2, -0.15) is 4.98 Å². The fraction of sp³-hybridized carbons (Fsp3) is 0.0667. The first-order chi connectivity index (χ1) is 11.2. The molecule has 2 amide bonds. The first-order valence-electron chi connectivity index (χ1n) is 6.75. The van der Waals surface area contributed by atoms with Gasteiger partial charge in [-0.15, -0.1) is 0 Å². The Labute approximate surface area is 136 Å². The molecule has 0 aliphatic heterocycles. The van der Waals surface area contributed by atoms with Crippen LogP contribution in [0.25, 0.3) is 11.4 Å². The second kappa shape index (κ2) is 6.89. The molecule has 0 fully saturated rings. The minimum Gasteiger partial charge on any atom is -0.337 e. The summed E-state index contributed by atoms with van der Waals surface area (Å²) in [6, 6.07) is 11.9. The van der Waals surface area contributed by atoms with Crippen molar-refractivity contribution in [2.24, 2.45) is 0 Å². The zero-order chi connectivity index (χ0) is 16.1. The molecule has 0 aliphatic rings. The number of nitrogens with zero attached hydrogens (tertiary/aromatic N) is 3. The number of pyridine rings is 1. The fourth-order valence-electron chi connectivity index (χ4n) is 1.80. The van der Waals surface area contributed by atoms with Crippen molar-refractivity contribution in [1.82, 2.24) is 20.4 Å². The molecule has 0 saturated carbocycles. The first kappa shape index (κ1) is 15.0. The van der Waals surface area contributed by atoms with E-state index in [0.29, 0.717) is 22.6 Å². The van der Waals surface area contributed by atoms with Crippen molar-refractivity contribution in [2.75, 3.05) is 5.32 Å². The lowest BCUT2D eigenvalue weighted by atomic mass is 10.2. The van der Waals surface area contributed by atoms with Gasteiger partial charge in [0.05, 0.1) is 6.54 Å². The summed E-state index contributed by atoms with van der Waals surface area (Å²) in [5.41, 5.74) is 0.780. The summed E-state index contributed by atoms with van der Waals surface area (Å²) in [5.74, 6) is 1.19. The smallest absolute Gasteiger partial charge is 0.320 e. The second-order valence-electron chi connectivity index (χ2n) is 4.54. The number of urea groups is 1. The van der Waals surface area contributed by atoms with E-state index in [-0.39, 0.29) is 6.54 Å². The first-order valence-corrected chi connectivity index (χ1v) is 7.13. The molecule has 0 spiro atoms. The number of carbonyl (C=O) groups excluding carboxylic acids is 1. The number of halogens is 1. The van der Waals surface area contributed by atoms with Crippen molar-refractivity contribution in [1.29, 1.82) is 0 Å². The van der Waals surface area contributed by atoms with E-state index in [2.05, 4.69) is 25.8 Å². The number of anilines is 1. The number of amides is 2. The number of rotatable bonds is 4. The SMILES string of the molecule is O=C(NCc1nc(-c2ccc(Cl)cc2)no1)Nc1ccccn1. The molecule has 0 bridgehead atoms. The van der Waals surface area contributed by atoms with Crippen LogP contribution >= 0.6 is 11.6 Å². The summed E-state index contributed by atoms with van der Waals surface area (Å²) in [7, 11) is 0. The third kappa shape index (κ3) is 4.04. The van der Waals surface area contributed by atoms with E-state index in [4.69, 9.17) is 16.1 Å². The zero-order valence-corrected chi connectivity index (χ0v) is 12.6. The van der Waals surface area contributed by atoms with Gasteiger partial charge in [-0.05, 0) is 36.4 Å². The van der Waals surface area contributed by atoms with Crippen LogP contribution in [0.1, 0.15) is 5.89 Å². The molecule has 0 unspecified atom stereocenters. The molecule has 8 heteroatoms. The van der Waals surface area contributed by atoms with Crippen LogP contribution in [0.15, 0.2) is 53.2 Å². The van der Waals surface area contributed by atoms with Crippen LogP contribution in [0, 0.1) is 0 Å². The highest BCUT2D eigenvalue weighted by Gasteiger charge is 2.10. The summed E-state index contributed by atoms with van der Waals surface area (Å²) >= 11 is 5.83. The molecule has 3 rings (SSSR count). The van der Waals surface area contributed by atoms with E-state index < -0.39 is 6.03 Å². The van der Waals surface area contributed by atoms with Gasteiger partial charge in [0.1, 0.15) is 5.82 Å². The molecule has 23 heavy (non-hydrogen) atoms. The van der Waals surface area contributed by atoms with E-state index in [0.717, 1.165) is 5.56 Å². The van der Waals surface area contributed by atoms with Gasteiger partial charge in [-0.3, -0.25) is 5.32 Å². The largest absolute Gasteiger partial charge is 0.337 e. The van der Waals surface area contributed by atoms with Crippen molar-refractivity contribution in [3.8, 4) is 11.4 Å². The average molecular weight is 330 g/mol. The molecule has 2 aromatic heterocycles. The number of hydrogen-bond donors (Lipinski definition) is 2. The van der Waals surface area contributed by atoms with Gasteiger partial charge in [0, 0.05) is 16.8 Å². The summed E-state index contributed by atoms with van der Waals surface area (Å²) in [6.07, 6.45) is 1.59. The fourth-order valence-corrected chi connectivity index (χ4v) is 1.92. The lowest BCUT2D eigenvalue weighted by Crippen LogP contribution is -2.28. The van der Waals surface area contributed by atoms with E-state index >= 15 is 0 Å². The Bertz CT molecular complexity index is 789. The lowest BCUT2D eigenvalue weighted by molar-refractivity contribution is 0.249. The molecular weight excluding hydrogens is 318 g/mol. The average Bonchev–Trinajstić information content (AvgIpc) is 3.04. The highest BCUT2D eigenvalue weighted by atomic mass is 35.5. The van der Waals surface area contributed by atoms with Crippen LogP contribution in [0.2, 0.25) is 5.02 Å². The lowest BCUT2D eigenvalue weighted by Gasteiger charge is -2.04. The van der Waals surface area contributed by atoms with Gasteiger partial charge in [0.25, 0.3) is 0 Å². The monoisotopic (exact) mass is 329 g/mol. The number of benzene rings is 1. The van der Waals surface area contributed by atoms with Crippen LogP contribution in [0.5, 0.6) is 0 Å². The quantitative estimate of drug-likeness (QED) is 0.767. The highest BCUT2D eigenvalue weighted by molar-refractivity contribution is 6.30. The predicted molar refractivity (Wildman–Crippen MR) is 84.8 cm³/mol. The Morgan fingerprint density at radius 3 is 2.74 bits per heavy atom. The van der Waals surface area contributed by atoms with Crippen molar-refractivity contribution in [3.63, 3.8) is 0 Å². The summed E-state index contributed by atoms with van der Waals surface area (Å²) < 4.78 is 5.10. The molecule has 3 aromatic rings. The van der Waals surface area contributed by atoms with E-state index in [1.807, 2.05) is 0 Å². The van der Waals surface area contributed by atoms with Crippen LogP contribution in [-0.2, 0) is 6.54 Å². The van der Waals surface area contributed by atoms with Gasteiger partial charge in [-0.25, -0.2) is 9.78 Å². The minimum atomic E-state index is -0.407. The van der Waals surface area contributed by atoms with Gasteiger partial charge in [0.2, 0.25) is 11.7 Å². The number of hydrogen-bond acceptors (Lipinski definition) is 5. The maximum atomic E-state index is 11.7. The maximum absolute atomic E-state index is 11.7. The maximum Gasteiger partial charge on any atom is 0.320 e. The Morgan fingerprint density at radius 1 is 1.17 bits per heavy atom. The zero-order valence-electron chi connectivity index (χ0n) is 11.9. The van der Waals surface area contributed by atoms with E-state index in [1.165, 1.54) is 0 Å². The number of aromatic nitrogens is 3. The summed E-state index contributed by atoms with van der Waals surface area (Å²) in [5, 5.41) is 9.70. The van der Waals surface area contributed by atoms with Crippen molar-refractivity contribution >= 4 is 23.4 Å². The molecule has 0 saturated heterocycles. The number of carbonyl (C=O) groups is 1. The second-order valence-corrected chi connectivity index (χ2v) is 4.98.